The highest BCUT2D eigenvalue weighted by atomic mass is 35.5. The van der Waals surface area contributed by atoms with E-state index in [0.29, 0.717) is 0 Å². The fourth-order valence-electron chi connectivity index (χ4n) is 3.36. The number of nitrogens with zero attached hydrogens (tertiary/aromatic N) is 1. The van der Waals surface area contributed by atoms with Crippen molar-refractivity contribution < 1.29 is 22.4 Å². The lowest BCUT2D eigenvalue weighted by Crippen LogP contribution is -3.00. The van der Waals surface area contributed by atoms with Crippen molar-refractivity contribution in [3.63, 3.8) is 0 Å². The number of rotatable bonds is 14. The molecule has 0 spiro atoms. The van der Waals surface area contributed by atoms with Crippen LogP contribution in [0.1, 0.15) is 83.1 Å². The lowest BCUT2D eigenvalue weighted by atomic mass is 10.1. The molecule has 1 rings (SSSR count). The Labute approximate surface area is 163 Å². The minimum absolute atomic E-state index is 0. The Morgan fingerprint density at radius 3 is 1.60 bits per heavy atom. The summed E-state index contributed by atoms with van der Waals surface area (Å²) in [5, 5.41) is 0. The molecule has 0 bridgehead atoms. The molecule has 0 aliphatic rings. The van der Waals surface area contributed by atoms with Crippen molar-refractivity contribution in [2.45, 2.75) is 84.1 Å². The highest BCUT2D eigenvalue weighted by molar-refractivity contribution is 5.13. The molecule has 0 aliphatic heterocycles. The molecule has 0 aromatic heterocycles. The van der Waals surface area contributed by atoms with Gasteiger partial charge in [0.05, 0.1) is 20.6 Å². The van der Waals surface area contributed by atoms with Gasteiger partial charge >= 0.3 is 0 Å². The Morgan fingerprint density at radius 2 is 1.12 bits per heavy atom. The third-order valence-corrected chi connectivity index (χ3v) is 4.82. The maximum absolute atomic E-state index is 2.36. The van der Waals surface area contributed by atoms with Crippen LogP contribution in [0.2, 0.25) is 0 Å². The van der Waals surface area contributed by atoms with Crippen molar-refractivity contribution in [2.75, 3.05) is 20.6 Å². The normalized spacial score (nSPS) is 10.8. The molecular formula is C22H42ClNO. The second-order valence-corrected chi connectivity index (χ2v) is 7.84. The molecule has 2 nitrogen and oxygen atoms in total. The Morgan fingerprint density at radius 1 is 0.680 bits per heavy atom. The molecule has 1 aromatic carbocycles. The molecule has 0 atom stereocenters. The van der Waals surface area contributed by atoms with Gasteiger partial charge in [-0.25, -0.2) is 0 Å². The lowest BCUT2D eigenvalue weighted by Gasteiger charge is -2.30. The molecular weight excluding hydrogens is 330 g/mol. The van der Waals surface area contributed by atoms with Gasteiger partial charge in [0.15, 0.2) is 0 Å². The fourth-order valence-corrected chi connectivity index (χ4v) is 3.36. The molecule has 1 aromatic rings. The van der Waals surface area contributed by atoms with Gasteiger partial charge in [0, 0.05) is 5.56 Å². The molecule has 148 valence electrons. The number of unbranched alkanes of at least 4 members (excludes halogenated alkanes) is 10. The van der Waals surface area contributed by atoms with Gasteiger partial charge < -0.3 is 22.4 Å². The van der Waals surface area contributed by atoms with E-state index < -0.39 is 0 Å². The van der Waals surface area contributed by atoms with Crippen LogP contribution in [0.25, 0.3) is 0 Å². The van der Waals surface area contributed by atoms with E-state index in [0.717, 1.165) is 11.0 Å². The molecule has 0 saturated heterocycles. The molecule has 0 fully saturated rings. The molecule has 2 N–H and O–H groups in total. The monoisotopic (exact) mass is 371 g/mol. The first kappa shape index (κ1) is 26.7. The smallest absolute Gasteiger partial charge is 0.104 e. The van der Waals surface area contributed by atoms with Gasteiger partial charge in [0.25, 0.3) is 0 Å². The van der Waals surface area contributed by atoms with E-state index in [1.807, 2.05) is 0 Å². The maximum Gasteiger partial charge on any atom is 0.104 e. The summed E-state index contributed by atoms with van der Waals surface area (Å²) in [6.45, 7) is 4.74. The summed E-state index contributed by atoms with van der Waals surface area (Å²) in [7, 11) is 4.73. The Bertz CT molecular complexity index is 381. The average molecular weight is 372 g/mol. The zero-order chi connectivity index (χ0) is 16.8. The van der Waals surface area contributed by atoms with Crippen LogP contribution in [0.4, 0.5) is 0 Å². The summed E-state index contributed by atoms with van der Waals surface area (Å²) in [6, 6.07) is 10.9. The molecule has 0 heterocycles. The first-order valence-corrected chi connectivity index (χ1v) is 10.00. The van der Waals surface area contributed by atoms with E-state index in [1.165, 1.54) is 82.7 Å². The predicted octanol–water partition coefficient (Wildman–Crippen LogP) is 2.75. The van der Waals surface area contributed by atoms with Gasteiger partial charge in [-0.15, -0.1) is 0 Å². The van der Waals surface area contributed by atoms with Crippen LogP contribution in [0.5, 0.6) is 0 Å². The highest BCUT2D eigenvalue weighted by Gasteiger charge is 2.14. The number of halogens is 1. The van der Waals surface area contributed by atoms with E-state index in [-0.39, 0.29) is 17.9 Å². The zero-order valence-corrected chi connectivity index (χ0v) is 17.7. The third kappa shape index (κ3) is 15.4. The van der Waals surface area contributed by atoms with Gasteiger partial charge in [0.1, 0.15) is 6.54 Å². The molecule has 3 heteroatoms. The first-order chi connectivity index (χ1) is 11.1. The van der Waals surface area contributed by atoms with Crippen LogP contribution in [-0.2, 0) is 6.54 Å². The van der Waals surface area contributed by atoms with Crippen molar-refractivity contribution in [3.05, 3.63) is 35.9 Å². The van der Waals surface area contributed by atoms with Crippen molar-refractivity contribution in [3.8, 4) is 0 Å². The fraction of sp³-hybridized carbons (Fsp3) is 0.727. The number of hydrogen-bond acceptors (Lipinski definition) is 0. The Hall–Kier alpha value is -0.570. The molecule has 25 heavy (non-hydrogen) atoms. The van der Waals surface area contributed by atoms with E-state index in [4.69, 9.17) is 0 Å². The van der Waals surface area contributed by atoms with Crippen LogP contribution in [0, 0.1) is 0 Å². The molecule has 0 radical (unpaired) electrons. The topological polar surface area (TPSA) is 31.5 Å². The van der Waals surface area contributed by atoms with Gasteiger partial charge in [0.2, 0.25) is 0 Å². The van der Waals surface area contributed by atoms with Crippen LogP contribution in [-0.4, -0.2) is 30.6 Å². The van der Waals surface area contributed by atoms with Crippen molar-refractivity contribution >= 4 is 0 Å². The second-order valence-electron chi connectivity index (χ2n) is 7.84. The van der Waals surface area contributed by atoms with Gasteiger partial charge in [-0.3, -0.25) is 0 Å². The van der Waals surface area contributed by atoms with Gasteiger partial charge in [-0.1, -0.05) is 95.0 Å². The van der Waals surface area contributed by atoms with Gasteiger partial charge in [-0.05, 0) is 12.8 Å². The average Bonchev–Trinajstić information content (AvgIpc) is 2.53. The largest absolute Gasteiger partial charge is 1.00 e. The van der Waals surface area contributed by atoms with Crippen molar-refractivity contribution in [2.24, 2.45) is 0 Å². The number of quaternary nitrogens is 1. The van der Waals surface area contributed by atoms with Crippen LogP contribution >= 0.6 is 0 Å². The predicted molar refractivity (Wildman–Crippen MR) is 107 cm³/mol. The standard InChI is InChI=1S/C22H40N.ClH.H2O/c1-4-5-6-7-8-9-10-11-12-13-17-20-23(2,3)21-22-18-15-14-16-19-22;;/h14-16,18-19H,4-13,17,20-21H2,1-3H3;1H;1H2/q+1;;/p-1. The van der Waals surface area contributed by atoms with E-state index in [1.54, 1.807) is 0 Å². The SMILES string of the molecule is CCCCCCCCCCCCC[N+](C)(C)Cc1ccccc1.O.[Cl-]. The molecule has 0 unspecified atom stereocenters. The van der Waals surface area contributed by atoms with Gasteiger partial charge in [-0.2, -0.15) is 0 Å². The Kier molecular flexibility index (Phi) is 18.0. The molecule has 0 aliphatic carbocycles. The Balaban J connectivity index is 0. The summed E-state index contributed by atoms with van der Waals surface area (Å²) in [6.07, 6.45) is 15.7. The second kappa shape index (κ2) is 16.9. The molecule has 0 amide bonds. The number of hydrogen-bond donors (Lipinski definition) is 0. The third-order valence-electron chi connectivity index (χ3n) is 4.82. The summed E-state index contributed by atoms with van der Waals surface area (Å²) in [5.74, 6) is 0. The first-order valence-electron chi connectivity index (χ1n) is 10.00. The summed E-state index contributed by atoms with van der Waals surface area (Å²) >= 11 is 0. The maximum atomic E-state index is 2.36. The summed E-state index contributed by atoms with van der Waals surface area (Å²) in [4.78, 5) is 0. The summed E-state index contributed by atoms with van der Waals surface area (Å²) in [5.41, 5.74) is 1.46. The van der Waals surface area contributed by atoms with E-state index in [2.05, 4.69) is 51.4 Å². The number of benzene rings is 1. The minimum atomic E-state index is 0. The van der Waals surface area contributed by atoms with Crippen LogP contribution < -0.4 is 12.4 Å². The van der Waals surface area contributed by atoms with Crippen molar-refractivity contribution in [1.82, 2.24) is 0 Å². The minimum Gasteiger partial charge on any atom is -1.00 e. The molecule has 0 saturated carbocycles. The quantitative estimate of drug-likeness (QED) is 0.356. The van der Waals surface area contributed by atoms with Crippen LogP contribution in [0.3, 0.4) is 0 Å². The lowest BCUT2D eigenvalue weighted by molar-refractivity contribution is -0.903. The van der Waals surface area contributed by atoms with Crippen LogP contribution in [0.15, 0.2) is 30.3 Å². The summed E-state index contributed by atoms with van der Waals surface area (Å²) < 4.78 is 1.11. The highest BCUT2D eigenvalue weighted by Crippen LogP contribution is 2.14. The van der Waals surface area contributed by atoms with E-state index in [9.17, 15) is 0 Å². The zero-order valence-electron chi connectivity index (χ0n) is 16.9. The van der Waals surface area contributed by atoms with Crippen molar-refractivity contribution in [1.29, 1.82) is 0 Å². The van der Waals surface area contributed by atoms with E-state index >= 15 is 0 Å².